The first-order chi connectivity index (χ1) is 25.6. The van der Waals surface area contributed by atoms with Crippen LogP contribution in [0.1, 0.15) is 188 Å². The molecule has 0 radical (unpaired) electrons. The molecule has 0 bridgehead atoms. The highest BCUT2D eigenvalue weighted by molar-refractivity contribution is 5.70. The van der Waals surface area contributed by atoms with E-state index in [-0.39, 0.29) is 25.2 Å². The van der Waals surface area contributed by atoms with Crippen molar-refractivity contribution in [3.63, 3.8) is 0 Å². The molecule has 0 aromatic heterocycles. The van der Waals surface area contributed by atoms with E-state index in [0.29, 0.717) is 25.9 Å². The predicted molar refractivity (Wildman–Crippen MR) is 224 cm³/mol. The fourth-order valence-corrected chi connectivity index (χ4v) is 5.56. The molecule has 0 spiro atoms. The summed E-state index contributed by atoms with van der Waals surface area (Å²) in [4.78, 5) is 25.1. The van der Waals surface area contributed by atoms with E-state index < -0.39 is 6.10 Å². The molecule has 0 N–H and O–H groups in total. The number of carbonyl (C=O) groups excluding carboxylic acids is 2. The molecule has 0 aliphatic rings. The van der Waals surface area contributed by atoms with Crippen LogP contribution >= 0.6 is 0 Å². The molecule has 0 aliphatic heterocycles. The van der Waals surface area contributed by atoms with Gasteiger partial charge in [0.15, 0.2) is 6.10 Å². The molecule has 5 heteroatoms. The topological polar surface area (TPSA) is 61.8 Å². The zero-order chi connectivity index (χ0) is 37.8. The van der Waals surface area contributed by atoms with Gasteiger partial charge >= 0.3 is 11.9 Å². The third-order valence-electron chi connectivity index (χ3n) is 8.72. The largest absolute Gasteiger partial charge is 0.462 e. The Bertz CT molecular complexity index is 957. The molecule has 0 saturated heterocycles. The number of carbonyl (C=O) groups is 2. The number of hydrogen-bond donors (Lipinski definition) is 0. The Morgan fingerprint density at radius 2 is 0.942 bits per heavy atom. The molecule has 5 nitrogen and oxygen atoms in total. The van der Waals surface area contributed by atoms with Gasteiger partial charge in [-0.3, -0.25) is 9.59 Å². The molecule has 1 unspecified atom stereocenters. The summed E-state index contributed by atoms with van der Waals surface area (Å²) in [5.41, 5.74) is 0. The van der Waals surface area contributed by atoms with Gasteiger partial charge in [-0.1, -0.05) is 177 Å². The molecule has 298 valence electrons. The van der Waals surface area contributed by atoms with Crippen molar-refractivity contribution in [2.45, 2.75) is 194 Å². The summed E-state index contributed by atoms with van der Waals surface area (Å²) in [6, 6.07) is 0. The third kappa shape index (κ3) is 40.1. The van der Waals surface area contributed by atoms with Crippen LogP contribution in [-0.4, -0.2) is 37.9 Å². The lowest BCUT2D eigenvalue weighted by Gasteiger charge is -2.18. The van der Waals surface area contributed by atoms with Gasteiger partial charge in [0.2, 0.25) is 0 Å². The fourth-order valence-electron chi connectivity index (χ4n) is 5.56. The molecule has 0 aliphatic carbocycles. The molecule has 1 atom stereocenters. The van der Waals surface area contributed by atoms with Crippen molar-refractivity contribution in [3.8, 4) is 0 Å². The number of esters is 2. The number of ether oxygens (including phenoxy) is 3. The Kier molecular flexibility index (Phi) is 40.6. The van der Waals surface area contributed by atoms with E-state index in [4.69, 9.17) is 14.2 Å². The number of rotatable bonds is 38. The summed E-state index contributed by atoms with van der Waals surface area (Å²) in [7, 11) is 0. The molecular weight excluding hydrogens is 645 g/mol. The molecule has 0 aromatic rings. The highest BCUT2D eigenvalue weighted by Crippen LogP contribution is 2.12. The van der Waals surface area contributed by atoms with Crippen molar-refractivity contribution in [2.75, 3.05) is 19.8 Å². The molecule has 0 amide bonds. The van der Waals surface area contributed by atoms with E-state index >= 15 is 0 Å². The van der Waals surface area contributed by atoms with Crippen LogP contribution in [0.4, 0.5) is 0 Å². The summed E-state index contributed by atoms with van der Waals surface area (Å²) in [5.74, 6) is -0.503. The van der Waals surface area contributed by atoms with Gasteiger partial charge in [0.25, 0.3) is 0 Å². The number of hydrogen-bond acceptors (Lipinski definition) is 5. The minimum Gasteiger partial charge on any atom is -0.462 e. The van der Waals surface area contributed by atoms with Gasteiger partial charge < -0.3 is 14.2 Å². The standard InChI is InChI=1S/C47H80O5/c1-4-7-10-13-16-19-21-23-25-27-30-33-36-39-42-50-43-45(52-47(49)41-38-35-32-28-18-15-12-9-6-3)44-51-46(48)40-37-34-31-29-26-24-22-20-17-14-11-8-5-2/h8,10-11,13,17,19-21,24,26,31,34,45H,4-7,9,12,14-16,18,22-23,25,27-30,32-33,35-44H2,1-3H3/b11-8-,13-10-,20-17-,21-19-,26-24-,34-31-. The predicted octanol–water partition coefficient (Wildman–Crippen LogP) is 14.0. The third-order valence-corrected chi connectivity index (χ3v) is 8.72. The first-order valence-corrected chi connectivity index (χ1v) is 21.5. The second-order valence-electron chi connectivity index (χ2n) is 13.9. The Morgan fingerprint density at radius 3 is 1.54 bits per heavy atom. The molecular formula is C47H80O5. The van der Waals surface area contributed by atoms with E-state index in [1.54, 1.807) is 0 Å². The Morgan fingerprint density at radius 1 is 0.442 bits per heavy atom. The van der Waals surface area contributed by atoms with E-state index in [0.717, 1.165) is 64.2 Å². The smallest absolute Gasteiger partial charge is 0.306 e. The van der Waals surface area contributed by atoms with Crippen molar-refractivity contribution in [1.82, 2.24) is 0 Å². The van der Waals surface area contributed by atoms with Crippen molar-refractivity contribution in [2.24, 2.45) is 0 Å². The average Bonchev–Trinajstić information content (AvgIpc) is 3.14. The van der Waals surface area contributed by atoms with Gasteiger partial charge in [-0.15, -0.1) is 0 Å². The highest BCUT2D eigenvalue weighted by atomic mass is 16.6. The Balaban J connectivity index is 4.35. The fraction of sp³-hybridized carbons (Fsp3) is 0.702. The lowest BCUT2D eigenvalue weighted by atomic mass is 10.1. The first kappa shape index (κ1) is 49.3. The van der Waals surface area contributed by atoms with Crippen LogP contribution in [0.25, 0.3) is 0 Å². The van der Waals surface area contributed by atoms with E-state index in [1.807, 2.05) is 6.08 Å². The van der Waals surface area contributed by atoms with Crippen LogP contribution in [0.2, 0.25) is 0 Å². The van der Waals surface area contributed by atoms with Crippen LogP contribution in [0.5, 0.6) is 0 Å². The summed E-state index contributed by atoms with van der Waals surface area (Å²) in [6.07, 6.45) is 53.4. The lowest BCUT2D eigenvalue weighted by molar-refractivity contribution is -0.162. The Labute approximate surface area is 321 Å². The average molecular weight is 725 g/mol. The summed E-state index contributed by atoms with van der Waals surface area (Å²) >= 11 is 0. The van der Waals surface area contributed by atoms with Crippen LogP contribution < -0.4 is 0 Å². The second-order valence-corrected chi connectivity index (χ2v) is 13.9. The SMILES string of the molecule is CC/C=C\C/C=C\C/C=C\C/C=C\CCC(=O)OCC(COCCCCCCCC/C=C\C/C=C\CCC)OC(=O)CCCCCCCCCCC. The highest BCUT2D eigenvalue weighted by Gasteiger charge is 2.17. The van der Waals surface area contributed by atoms with Gasteiger partial charge in [-0.05, 0) is 70.6 Å². The van der Waals surface area contributed by atoms with Gasteiger partial charge in [0.1, 0.15) is 6.61 Å². The Hall–Kier alpha value is -2.66. The van der Waals surface area contributed by atoms with Crippen LogP contribution in [-0.2, 0) is 23.8 Å². The van der Waals surface area contributed by atoms with Crippen molar-refractivity contribution >= 4 is 11.9 Å². The molecule has 0 fully saturated rings. The maximum atomic E-state index is 12.6. The van der Waals surface area contributed by atoms with Crippen LogP contribution in [0.15, 0.2) is 72.9 Å². The normalized spacial score (nSPS) is 12.9. The van der Waals surface area contributed by atoms with Gasteiger partial charge in [0, 0.05) is 19.4 Å². The summed E-state index contributed by atoms with van der Waals surface area (Å²) in [5, 5.41) is 0. The maximum Gasteiger partial charge on any atom is 0.306 e. The zero-order valence-corrected chi connectivity index (χ0v) is 34.1. The van der Waals surface area contributed by atoms with E-state index in [2.05, 4.69) is 87.6 Å². The quantitative estimate of drug-likeness (QED) is 0.0360. The molecule has 0 rings (SSSR count). The van der Waals surface area contributed by atoms with Gasteiger partial charge in [-0.25, -0.2) is 0 Å². The minimum atomic E-state index is -0.567. The van der Waals surface area contributed by atoms with Crippen molar-refractivity contribution in [1.29, 1.82) is 0 Å². The van der Waals surface area contributed by atoms with Crippen LogP contribution in [0.3, 0.4) is 0 Å². The number of unbranched alkanes of at least 4 members (excludes halogenated alkanes) is 15. The molecule has 52 heavy (non-hydrogen) atoms. The van der Waals surface area contributed by atoms with Crippen molar-refractivity contribution in [3.05, 3.63) is 72.9 Å². The zero-order valence-electron chi connectivity index (χ0n) is 34.1. The van der Waals surface area contributed by atoms with Crippen molar-refractivity contribution < 1.29 is 23.8 Å². The van der Waals surface area contributed by atoms with E-state index in [9.17, 15) is 9.59 Å². The van der Waals surface area contributed by atoms with Gasteiger partial charge in [0.05, 0.1) is 6.61 Å². The monoisotopic (exact) mass is 725 g/mol. The summed E-state index contributed by atoms with van der Waals surface area (Å²) in [6.45, 7) is 7.52. The second kappa shape index (κ2) is 42.8. The molecule has 0 heterocycles. The lowest BCUT2D eigenvalue weighted by Crippen LogP contribution is -2.30. The van der Waals surface area contributed by atoms with Crippen LogP contribution in [0, 0.1) is 0 Å². The maximum absolute atomic E-state index is 12.6. The minimum absolute atomic E-state index is 0.0417. The van der Waals surface area contributed by atoms with E-state index in [1.165, 1.54) is 83.5 Å². The molecule has 0 saturated carbocycles. The number of allylic oxidation sites excluding steroid dienone is 12. The van der Waals surface area contributed by atoms with Gasteiger partial charge in [-0.2, -0.15) is 0 Å². The molecule has 0 aromatic carbocycles. The summed E-state index contributed by atoms with van der Waals surface area (Å²) < 4.78 is 17.2. The first-order valence-electron chi connectivity index (χ1n) is 21.5.